The molecule has 0 fully saturated rings. The highest BCUT2D eigenvalue weighted by Crippen LogP contribution is 2.29. The summed E-state index contributed by atoms with van der Waals surface area (Å²) < 4.78 is 10.2. The van der Waals surface area contributed by atoms with Gasteiger partial charge < -0.3 is 15.2 Å². The monoisotopic (exact) mass is 277 g/mol. The number of nitrogens with two attached hydrogens (primary N) is 1. The van der Waals surface area contributed by atoms with Crippen LogP contribution in [0.2, 0.25) is 5.02 Å². The third-order valence-electron chi connectivity index (χ3n) is 2.47. The van der Waals surface area contributed by atoms with Crippen molar-refractivity contribution >= 4 is 23.3 Å². The standard InChI is InChI=1S/C14H12ClNO3/c1-18-14(17)9-2-7-13(12(16)8-9)19-11-5-3-10(15)4-6-11/h2-8H,16H2,1H3. The Morgan fingerprint density at radius 2 is 1.84 bits per heavy atom. The van der Waals surface area contributed by atoms with Gasteiger partial charge in [0.1, 0.15) is 11.5 Å². The van der Waals surface area contributed by atoms with Crippen LogP contribution in [0.15, 0.2) is 42.5 Å². The van der Waals surface area contributed by atoms with Crippen molar-refractivity contribution in [3.05, 3.63) is 53.1 Å². The van der Waals surface area contributed by atoms with Crippen LogP contribution in [0, 0.1) is 0 Å². The van der Waals surface area contributed by atoms with Gasteiger partial charge in [-0.05, 0) is 42.5 Å². The molecule has 0 saturated heterocycles. The highest BCUT2D eigenvalue weighted by atomic mass is 35.5. The summed E-state index contributed by atoms with van der Waals surface area (Å²) in [5, 5.41) is 0.626. The summed E-state index contributed by atoms with van der Waals surface area (Å²) in [4.78, 5) is 11.3. The molecule has 0 bridgehead atoms. The molecule has 2 rings (SSSR count). The number of methoxy groups -OCH3 is 1. The van der Waals surface area contributed by atoms with E-state index in [0.29, 0.717) is 27.8 Å². The van der Waals surface area contributed by atoms with E-state index in [9.17, 15) is 4.79 Å². The molecule has 2 N–H and O–H groups in total. The maximum absolute atomic E-state index is 11.3. The summed E-state index contributed by atoms with van der Waals surface area (Å²) in [5.74, 6) is 0.640. The number of hydrogen-bond donors (Lipinski definition) is 1. The summed E-state index contributed by atoms with van der Waals surface area (Å²) in [6, 6.07) is 11.6. The molecule has 2 aromatic carbocycles. The fourth-order valence-electron chi connectivity index (χ4n) is 1.52. The fraction of sp³-hybridized carbons (Fsp3) is 0.0714. The second kappa shape index (κ2) is 5.63. The summed E-state index contributed by atoms with van der Waals surface area (Å²) in [6.07, 6.45) is 0. The Morgan fingerprint density at radius 1 is 1.16 bits per heavy atom. The first kappa shape index (κ1) is 13.2. The van der Waals surface area contributed by atoms with Crippen molar-refractivity contribution in [2.45, 2.75) is 0 Å². The van der Waals surface area contributed by atoms with Gasteiger partial charge >= 0.3 is 5.97 Å². The maximum atomic E-state index is 11.3. The van der Waals surface area contributed by atoms with Gasteiger partial charge in [-0.15, -0.1) is 0 Å². The Balaban J connectivity index is 2.22. The van der Waals surface area contributed by atoms with Crippen molar-refractivity contribution in [3.8, 4) is 11.5 Å². The van der Waals surface area contributed by atoms with Gasteiger partial charge in [-0.3, -0.25) is 0 Å². The maximum Gasteiger partial charge on any atom is 0.337 e. The van der Waals surface area contributed by atoms with Gasteiger partial charge in [-0.1, -0.05) is 11.6 Å². The number of nitrogen functional groups attached to an aromatic ring is 1. The molecule has 2 aromatic rings. The van der Waals surface area contributed by atoms with Gasteiger partial charge in [0.05, 0.1) is 18.4 Å². The zero-order valence-electron chi connectivity index (χ0n) is 10.2. The van der Waals surface area contributed by atoms with Crippen LogP contribution < -0.4 is 10.5 Å². The number of hydrogen-bond acceptors (Lipinski definition) is 4. The third kappa shape index (κ3) is 3.17. The van der Waals surface area contributed by atoms with E-state index in [-0.39, 0.29) is 0 Å². The largest absolute Gasteiger partial charge is 0.465 e. The molecule has 0 spiro atoms. The van der Waals surface area contributed by atoms with Crippen molar-refractivity contribution in [1.82, 2.24) is 0 Å². The molecule has 0 amide bonds. The minimum Gasteiger partial charge on any atom is -0.465 e. The molecule has 0 heterocycles. The molecule has 4 nitrogen and oxygen atoms in total. The lowest BCUT2D eigenvalue weighted by atomic mass is 10.2. The zero-order valence-corrected chi connectivity index (χ0v) is 11.0. The van der Waals surface area contributed by atoms with Gasteiger partial charge in [-0.25, -0.2) is 4.79 Å². The van der Waals surface area contributed by atoms with Crippen LogP contribution in [-0.4, -0.2) is 13.1 Å². The smallest absolute Gasteiger partial charge is 0.337 e. The van der Waals surface area contributed by atoms with E-state index in [2.05, 4.69) is 4.74 Å². The zero-order chi connectivity index (χ0) is 13.8. The van der Waals surface area contributed by atoms with Crippen molar-refractivity contribution in [1.29, 1.82) is 0 Å². The Kier molecular flexibility index (Phi) is 3.92. The van der Waals surface area contributed by atoms with Crippen molar-refractivity contribution in [3.63, 3.8) is 0 Å². The van der Waals surface area contributed by atoms with Gasteiger partial charge in [0.15, 0.2) is 0 Å². The molecule has 0 unspecified atom stereocenters. The Labute approximate surface area is 115 Å². The number of ether oxygens (including phenoxy) is 2. The number of halogens is 1. The van der Waals surface area contributed by atoms with Crippen LogP contribution in [-0.2, 0) is 4.74 Å². The van der Waals surface area contributed by atoms with E-state index in [4.69, 9.17) is 22.1 Å². The van der Waals surface area contributed by atoms with Gasteiger partial charge in [0, 0.05) is 5.02 Å². The number of anilines is 1. The normalized spacial score (nSPS) is 10.0. The summed E-state index contributed by atoms with van der Waals surface area (Å²) in [7, 11) is 1.32. The van der Waals surface area contributed by atoms with Crippen molar-refractivity contribution in [2.24, 2.45) is 0 Å². The average Bonchev–Trinajstić information content (AvgIpc) is 2.42. The van der Waals surface area contributed by atoms with Crippen molar-refractivity contribution < 1.29 is 14.3 Å². The lowest BCUT2D eigenvalue weighted by Crippen LogP contribution is -2.02. The number of benzene rings is 2. The van der Waals surface area contributed by atoms with E-state index in [0.717, 1.165) is 0 Å². The SMILES string of the molecule is COC(=O)c1ccc(Oc2ccc(Cl)cc2)c(N)c1. The van der Waals surface area contributed by atoms with Crippen LogP contribution in [0.3, 0.4) is 0 Å². The molecular weight excluding hydrogens is 266 g/mol. The molecule has 0 radical (unpaired) electrons. The lowest BCUT2D eigenvalue weighted by molar-refractivity contribution is 0.0601. The second-order valence-electron chi connectivity index (χ2n) is 3.80. The number of carbonyl (C=O) groups excluding carboxylic acids is 1. The Hall–Kier alpha value is -2.20. The van der Waals surface area contributed by atoms with Gasteiger partial charge in [-0.2, -0.15) is 0 Å². The molecule has 0 aromatic heterocycles. The highest BCUT2D eigenvalue weighted by molar-refractivity contribution is 6.30. The molecule has 0 atom stereocenters. The Morgan fingerprint density at radius 3 is 2.42 bits per heavy atom. The lowest BCUT2D eigenvalue weighted by Gasteiger charge is -2.09. The minimum atomic E-state index is -0.440. The first-order valence-electron chi connectivity index (χ1n) is 5.51. The summed E-state index contributed by atoms with van der Waals surface area (Å²) >= 11 is 5.79. The molecule has 98 valence electrons. The predicted molar refractivity (Wildman–Crippen MR) is 73.7 cm³/mol. The number of rotatable bonds is 3. The highest BCUT2D eigenvalue weighted by Gasteiger charge is 2.09. The van der Waals surface area contributed by atoms with E-state index in [1.54, 1.807) is 36.4 Å². The van der Waals surface area contributed by atoms with Crippen LogP contribution in [0.4, 0.5) is 5.69 Å². The third-order valence-corrected chi connectivity index (χ3v) is 2.72. The van der Waals surface area contributed by atoms with Crippen LogP contribution in [0.1, 0.15) is 10.4 Å². The summed E-state index contributed by atoms with van der Waals surface area (Å²) in [6.45, 7) is 0. The van der Waals surface area contributed by atoms with Gasteiger partial charge in [0.2, 0.25) is 0 Å². The first-order valence-corrected chi connectivity index (χ1v) is 5.89. The molecular formula is C14H12ClNO3. The Bertz CT molecular complexity index is 596. The fourth-order valence-corrected chi connectivity index (χ4v) is 1.64. The van der Waals surface area contributed by atoms with E-state index in [1.807, 2.05) is 0 Å². The molecule has 0 saturated carbocycles. The average molecular weight is 278 g/mol. The first-order chi connectivity index (χ1) is 9.10. The summed E-state index contributed by atoms with van der Waals surface area (Å²) in [5.41, 5.74) is 6.57. The molecule has 19 heavy (non-hydrogen) atoms. The van der Waals surface area contributed by atoms with E-state index >= 15 is 0 Å². The number of esters is 1. The number of carbonyl (C=O) groups is 1. The van der Waals surface area contributed by atoms with E-state index < -0.39 is 5.97 Å². The predicted octanol–water partition coefficient (Wildman–Crippen LogP) is 3.50. The van der Waals surface area contributed by atoms with E-state index in [1.165, 1.54) is 13.2 Å². The van der Waals surface area contributed by atoms with Crippen LogP contribution in [0.5, 0.6) is 11.5 Å². The second-order valence-corrected chi connectivity index (χ2v) is 4.24. The minimum absolute atomic E-state index is 0.359. The molecule has 0 aliphatic heterocycles. The van der Waals surface area contributed by atoms with Gasteiger partial charge in [0.25, 0.3) is 0 Å². The molecule has 5 heteroatoms. The van der Waals surface area contributed by atoms with Crippen LogP contribution in [0.25, 0.3) is 0 Å². The van der Waals surface area contributed by atoms with Crippen molar-refractivity contribution in [2.75, 3.05) is 12.8 Å². The topological polar surface area (TPSA) is 61.5 Å². The molecule has 0 aliphatic rings. The van der Waals surface area contributed by atoms with Crippen LogP contribution >= 0.6 is 11.6 Å². The molecule has 0 aliphatic carbocycles. The quantitative estimate of drug-likeness (QED) is 0.689.